The minimum absolute atomic E-state index is 0.0461. The SMILES string of the molecule is Cc1ccccc1-c1nn2c(=O)cc(CNC(=O)Nc3cccc(F)c3)nc2s1. The third-order valence-electron chi connectivity index (χ3n) is 4.19. The Labute approximate surface area is 168 Å². The Hall–Kier alpha value is -3.59. The summed E-state index contributed by atoms with van der Waals surface area (Å²) in [5.41, 5.74) is 2.40. The molecule has 2 aromatic heterocycles. The molecule has 0 saturated heterocycles. The average molecular weight is 409 g/mol. The van der Waals surface area contributed by atoms with Crippen LogP contribution in [0, 0.1) is 12.7 Å². The number of anilines is 1. The van der Waals surface area contributed by atoms with Crippen molar-refractivity contribution >= 4 is 28.0 Å². The Kier molecular flexibility index (Phi) is 5.05. The van der Waals surface area contributed by atoms with Crippen molar-refractivity contribution in [2.75, 3.05) is 5.32 Å². The van der Waals surface area contributed by atoms with E-state index in [-0.39, 0.29) is 12.1 Å². The Bertz CT molecular complexity index is 1270. The van der Waals surface area contributed by atoms with Gasteiger partial charge in [-0.2, -0.15) is 9.61 Å². The van der Waals surface area contributed by atoms with Crippen LogP contribution in [-0.2, 0) is 6.54 Å². The highest BCUT2D eigenvalue weighted by Crippen LogP contribution is 2.26. The normalized spacial score (nSPS) is 10.8. The molecule has 0 saturated carbocycles. The maximum Gasteiger partial charge on any atom is 0.319 e. The lowest BCUT2D eigenvalue weighted by molar-refractivity contribution is 0.251. The van der Waals surface area contributed by atoms with Crippen molar-refractivity contribution in [3.8, 4) is 10.6 Å². The van der Waals surface area contributed by atoms with Gasteiger partial charge in [0.1, 0.15) is 10.8 Å². The molecule has 146 valence electrons. The summed E-state index contributed by atoms with van der Waals surface area (Å²) in [6, 6.07) is 14.1. The van der Waals surface area contributed by atoms with Crippen LogP contribution in [0.15, 0.2) is 59.4 Å². The molecule has 2 amide bonds. The lowest BCUT2D eigenvalue weighted by Crippen LogP contribution is -2.29. The van der Waals surface area contributed by atoms with Crippen LogP contribution < -0.4 is 16.2 Å². The van der Waals surface area contributed by atoms with Crippen LogP contribution in [0.25, 0.3) is 15.5 Å². The molecular formula is C20H16FN5O2S. The van der Waals surface area contributed by atoms with E-state index in [0.29, 0.717) is 21.3 Å². The number of carbonyl (C=O) groups is 1. The lowest BCUT2D eigenvalue weighted by atomic mass is 10.1. The van der Waals surface area contributed by atoms with Gasteiger partial charge in [0.25, 0.3) is 5.56 Å². The number of halogens is 1. The first-order valence-electron chi connectivity index (χ1n) is 8.76. The number of hydrogen-bond donors (Lipinski definition) is 2. The second kappa shape index (κ2) is 7.80. The molecule has 0 aliphatic carbocycles. The molecule has 0 spiro atoms. The van der Waals surface area contributed by atoms with Crippen molar-refractivity contribution < 1.29 is 9.18 Å². The molecule has 0 atom stereocenters. The van der Waals surface area contributed by atoms with Crippen molar-refractivity contribution in [1.82, 2.24) is 19.9 Å². The van der Waals surface area contributed by atoms with Gasteiger partial charge in [-0.25, -0.2) is 14.2 Å². The molecule has 7 nitrogen and oxygen atoms in total. The zero-order valence-corrected chi connectivity index (χ0v) is 16.2. The molecule has 4 aromatic rings. The van der Waals surface area contributed by atoms with E-state index in [2.05, 4.69) is 20.7 Å². The summed E-state index contributed by atoms with van der Waals surface area (Å²) >= 11 is 1.30. The molecule has 4 rings (SSSR count). The summed E-state index contributed by atoms with van der Waals surface area (Å²) in [4.78, 5) is 29.3. The van der Waals surface area contributed by atoms with Crippen LogP contribution in [0.1, 0.15) is 11.3 Å². The summed E-state index contributed by atoms with van der Waals surface area (Å²) in [6.07, 6.45) is 0. The largest absolute Gasteiger partial charge is 0.332 e. The first-order valence-corrected chi connectivity index (χ1v) is 9.57. The van der Waals surface area contributed by atoms with Gasteiger partial charge in [-0.15, -0.1) is 0 Å². The number of rotatable bonds is 4. The maximum absolute atomic E-state index is 13.2. The number of benzene rings is 2. The molecule has 0 aliphatic heterocycles. The van der Waals surface area contributed by atoms with Crippen LogP contribution in [0.5, 0.6) is 0 Å². The van der Waals surface area contributed by atoms with E-state index in [0.717, 1.165) is 11.1 Å². The van der Waals surface area contributed by atoms with Crippen LogP contribution >= 0.6 is 11.3 Å². The van der Waals surface area contributed by atoms with Crippen molar-refractivity contribution in [1.29, 1.82) is 0 Å². The molecule has 0 aliphatic rings. The fourth-order valence-electron chi connectivity index (χ4n) is 2.78. The molecule has 9 heteroatoms. The Morgan fingerprint density at radius 2 is 2.00 bits per heavy atom. The summed E-state index contributed by atoms with van der Waals surface area (Å²) in [7, 11) is 0. The van der Waals surface area contributed by atoms with Crippen molar-refractivity contribution in [3.63, 3.8) is 0 Å². The first kappa shape index (κ1) is 18.8. The molecule has 2 heterocycles. The first-order chi connectivity index (χ1) is 14.0. The smallest absolute Gasteiger partial charge is 0.319 e. The molecule has 0 unspecified atom stereocenters. The molecule has 2 aromatic carbocycles. The number of urea groups is 1. The lowest BCUT2D eigenvalue weighted by Gasteiger charge is -2.07. The standard InChI is InChI=1S/C20H16FN5O2S/c1-12-5-2-3-8-16(12)18-25-26-17(27)10-15(24-20(26)29-18)11-22-19(28)23-14-7-4-6-13(21)9-14/h2-10H,11H2,1H3,(H2,22,23,28). The molecule has 0 bridgehead atoms. The van der Waals surface area contributed by atoms with Crippen LogP contribution in [0.4, 0.5) is 14.9 Å². The third kappa shape index (κ3) is 4.14. The van der Waals surface area contributed by atoms with Gasteiger partial charge in [0.2, 0.25) is 4.96 Å². The summed E-state index contributed by atoms with van der Waals surface area (Å²) in [6.45, 7) is 2.02. The van der Waals surface area contributed by atoms with Gasteiger partial charge >= 0.3 is 6.03 Å². The number of carbonyl (C=O) groups excluding carboxylic acids is 1. The van der Waals surface area contributed by atoms with Gasteiger partial charge in [0.05, 0.1) is 12.2 Å². The molecule has 29 heavy (non-hydrogen) atoms. The van der Waals surface area contributed by atoms with Crippen molar-refractivity contribution in [2.24, 2.45) is 0 Å². The van der Waals surface area contributed by atoms with Crippen LogP contribution in [-0.4, -0.2) is 20.6 Å². The number of nitrogens with one attached hydrogen (secondary N) is 2. The monoisotopic (exact) mass is 409 g/mol. The number of aryl methyl sites for hydroxylation is 1. The van der Waals surface area contributed by atoms with Gasteiger partial charge < -0.3 is 10.6 Å². The van der Waals surface area contributed by atoms with E-state index in [1.165, 1.54) is 40.1 Å². The van der Waals surface area contributed by atoms with E-state index in [1.54, 1.807) is 6.07 Å². The molecular weight excluding hydrogens is 393 g/mol. The van der Waals surface area contributed by atoms with E-state index in [4.69, 9.17) is 0 Å². The zero-order chi connectivity index (χ0) is 20.4. The number of hydrogen-bond acceptors (Lipinski definition) is 5. The van der Waals surface area contributed by atoms with Crippen molar-refractivity contribution in [3.05, 3.63) is 82.0 Å². The fraction of sp³-hybridized carbons (Fsp3) is 0.100. The summed E-state index contributed by atoms with van der Waals surface area (Å²) in [5, 5.41) is 10.2. The molecule has 0 fully saturated rings. The van der Waals surface area contributed by atoms with E-state index >= 15 is 0 Å². The highest BCUT2D eigenvalue weighted by Gasteiger charge is 2.12. The van der Waals surface area contributed by atoms with Crippen LogP contribution in [0.2, 0.25) is 0 Å². The van der Waals surface area contributed by atoms with E-state index in [1.807, 2.05) is 31.2 Å². The summed E-state index contributed by atoms with van der Waals surface area (Å²) in [5.74, 6) is -0.447. The number of amides is 2. The van der Waals surface area contributed by atoms with Gasteiger partial charge in [-0.1, -0.05) is 41.7 Å². The zero-order valence-electron chi connectivity index (χ0n) is 15.3. The molecule has 0 radical (unpaired) electrons. The second-order valence-electron chi connectivity index (χ2n) is 6.32. The Morgan fingerprint density at radius 3 is 2.79 bits per heavy atom. The van der Waals surface area contributed by atoms with Gasteiger partial charge in [0.15, 0.2) is 0 Å². The summed E-state index contributed by atoms with van der Waals surface area (Å²) < 4.78 is 14.4. The number of fused-ring (bicyclic) bond motifs is 1. The third-order valence-corrected chi connectivity index (χ3v) is 5.13. The van der Waals surface area contributed by atoms with Crippen molar-refractivity contribution in [2.45, 2.75) is 13.5 Å². The highest BCUT2D eigenvalue weighted by atomic mass is 32.1. The highest BCUT2D eigenvalue weighted by molar-refractivity contribution is 7.19. The van der Waals surface area contributed by atoms with Gasteiger partial charge in [-0.3, -0.25) is 4.79 Å². The Morgan fingerprint density at radius 1 is 1.17 bits per heavy atom. The Balaban J connectivity index is 1.52. The minimum atomic E-state index is -0.525. The minimum Gasteiger partial charge on any atom is -0.332 e. The quantitative estimate of drug-likeness (QED) is 0.539. The average Bonchev–Trinajstić information content (AvgIpc) is 3.11. The predicted octanol–water partition coefficient (Wildman–Crippen LogP) is 3.59. The van der Waals surface area contributed by atoms with Gasteiger partial charge in [0, 0.05) is 17.3 Å². The van der Waals surface area contributed by atoms with E-state index < -0.39 is 11.8 Å². The van der Waals surface area contributed by atoms with Gasteiger partial charge in [-0.05, 0) is 30.7 Å². The second-order valence-corrected chi connectivity index (χ2v) is 7.28. The number of nitrogens with zero attached hydrogens (tertiary/aromatic N) is 3. The van der Waals surface area contributed by atoms with E-state index in [9.17, 15) is 14.0 Å². The predicted molar refractivity (Wildman–Crippen MR) is 110 cm³/mol. The molecule has 2 N–H and O–H groups in total. The van der Waals surface area contributed by atoms with Crippen LogP contribution in [0.3, 0.4) is 0 Å². The maximum atomic E-state index is 13.2. The fourth-order valence-corrected chi connectivity index (χ4v) is 3.80. The number of aromatic nitrogens is 3. The topological polar surface area (TPSA) is 88.4 Å².